The molecule has 0 saturated carbocycles. The molecule has 94 valence electrons. The fourth-order valence-corrected chi connectivity index (χ4v) is 2.43. The molecule has 0 aromatic heterocycles. The van der Waals surface area contributed by atoms with Gasteiger partial charge in [0, 0.05) is 10.5 Å². The van der Waals surface area contributed by atoms with Crippen LogP contribution >= 0.6 is 15.9 Å². The van der Waals surface area contributed by atoms with Crippen molar-refractivity contribution in [3.8, 4) is 0 Å². The molecular weight excluding hydrogens is 293 g/mol. The normalized spacial score (nSPS) is 12.4. The van der Waals surface area contributed by atoms with Crippen molar-refractivity contribution in [3.05, 3.63) is 69.4 Å². The Kier molecular flexibility index (Phi) is 4.15. The van der Waals surface area contributed by atoms with E-state index in [1.54, 1.807) is 0 Å². The zero-order valence-corrected chi connectivity index (χ0v) is 11.7. The third kappa shape index (κ3) is 3.40. The van der Waals surface area contributed by atoms with Crippen LogP contribution in [0, 0.1) is 12.7 Å². The predicted molar refractivity (Wildman–Crippen MR) is 75.9 cm³/mol. The zero-order valence-electron chi connectivity index (χ0n) is 10.2. The van der Waals surface area contributed by atoms with Gasteiger partial charge in [0.25, 0.3) is 0 Å². The van der Waals surface area contributed by atoms with Crippen LogP contribution in [0.4, 0.5) is 4.39 Å². The van der Waals surface area contributed by atoms with Gasteiger partial charge in [0.15, 0.2) is 0 Å². The standard InChI is InChI=1S/C15H15BrFN/c1-10-2-4-12(5-3-10)15(18)8-11-6-13(16)9-14(17)7-11/h2-7,9,15H,8,18H2,1H3. The number of rotatable bonds is 3. The lowest BCUT2D eigenvalue weighted by Gasteiger charge is -2.13. The molecule has 0 amide bonds. The molecule has 0 heterocycles. The van der Waals surface area contributed by atoms with Crippen molar-refractivity contribution in [2.75, 3.05) is 0 Å². The molecule has 1 unspecified atom stereocenters. The summed E-state index contributed by atoms with van der Waals surface area (Å²) < 4.78 is 14.0. The summed E-state index contributed by atoms with van der Waals surface area (Å²) in [6.45, 7) is 2.04. The molecular formula is C15H15BrFN. The Morgan fingerprint density at radius 3 is 2.44 bits per heavy atom. The molecule has 0 aliphatic rings. The van der Waals surface area contributed by atoms with Gasteiger partial charge in [-0.15, -0.1) is 0 Å². The third-order valence-corrected chi connectivity index (χ3v) is 3.34. The molecule has 2 N–H and O–H groups in total. The van der Waals surface area contributed by atoms with E-state index in [-0.39, 0.29) is 11.9 Å². The van der Waals surface area contributed by atoms with E-state index in [1.807, 2.05) is 37.3 Å². The topological polar surface area (TPSA) is 26.0 Å². The van der Waals surface area contributed by atoms with E-state index in [0.717, 1.165) is 15.6 Å². The minimum Gasteiger partial charge on any atom is -0.324 e. The van der Waals surface area contributed by atoms with E-state index in [2.05, 4.69) is 15.9 Å². The molecule has 2 aromatic carbocycles. The van der Waals surface area contributed by atoms with E-state index in [1.165, 1.54) is 17.7 Å². The molecule has 0 saturated heterocycles. The lowest BCUT2D eigenvalue weighted by Crippen LogP contribution is -2.13. The molecule has 0 spiro atoms. The van der Waals surface area contributed by atoms with E-state index in [4.69, 9.17) is 5.73 Å². The highest BCUT2D eigenvalue weighted by atomic mass is 79.9. The van der Waals surface area contributed by atoms with Gasteiger partial charge in [-0.3, -0.25) is 0 Å². The van der Waals surface area contributed by atoms with Crippen molar-refractivity contribution in [1.29, 1.82) is 0 Å². The first kappa shape index (κ1) is 13.2. The van der Waals surface area contributed by atoms with Crippen molar-refractivity contribution in [2.45, 2.75) is 19.4 Å². The van der Waals surface area contributed by atoms with Gasteiger partial charge in [-0.2, -0.15) is 0 Å². The van der Waals surface area contributed by atoms with E-state index >= 15 is 0 Å². The van der Waals surface area contributed by atoms with Crippen LogP contribution in [-0.2, 0) is 6.42 Å². The highest BCUT2D eigenvalue weighted by Crippen LogP contribution is 2.20. The lowest BCUT2D eigenvalue weighted by atomic mass is 9.99. The minimum absolute atomic E-state index is 0.112. The van der Waals surface area contributed by atoms with Gasteiger partial charge in [0.2, 0.25) is 0 Å². The Labute approximate surface area is 115 Å². The summed E-state index contributed by atoms with van der Waals surface area (Å²) in [5.41, 5.74) is 9.32. The van der Waals surface area contributed by atoms with Crippen LogP contribution in [0.1, 0.15) is 22.7 Å². The van der Waals surface area contributed by atoms with Crippen molar-refractivity contribution < 1.29 is 4.39 Å². The second-order valence-electron chi connectivity index (χ2n) is 4.50. The summed E-state index contributed by atoms with van der Waals surface area (Å²) in [4.78, 5) is 0. The first-order valence-corrected chi connectivity index (χ1v) is 6.61. The van der Waals surface area contributed by atoms with Crippen LogP contribution in [0.3, 0.4) is 0 Å². The molecule has 18 heavy (non-hydrogen) atoms. The minimum atomic E-state index is -0.240. The van der Waals surface area contributed by atoms with Crippen LogP contribution in [0.15, 0.2) is 46.9 Å². The van der Waals surface area contributed by atoms with Crippen molar-refractivity contribution >= 4 is 15.9 Å². The predicted octanol–water partition coefficient (Wildman–Crippen LogP) is 4.14. The molecule has 0 bridgehead atoms. The van der Waals surface area contributed by atoms with Gasteiger partial charge in [0.1, 0.15) is 5.82 Å². The van der Waals surface area contributed by atoms with Crippen LogP contribution in [-0.4, -0.2) is 0 Å². The molecule has 1 atom stereocenters. The van der Waals surface area contributed by atoms with Gasteiger partial charge in [-0.1, -0.05) is 45.8 Å². The summed E-state index contributed by atoms with van der Waals surface area (Å²) >= 11 is 3.29. The van der Waals surface area contributed by atoms with E-state index in [9.17, 15) is 4.39 Å². The molecule has 0 aliphatic carbocycles. The molecule has 0 radical (unpaired) electrons. The van der Waals surface area contributed by atoms with Gasteiger partial charge >= 0.3 is 0 Å². The Hall–Kier alpha value is -1.19. The van der Waals surface area contributed by atoms with Crippen LogP contribution < -0.4 is 5.73 Å². The molecule has 1 nitrogen and oxygen atoms in total. The molecule has 0 aliphatic heterocycles. The van der Waals surface area contributed by atoms with Gasteiger partial charge < -0.3 is 5.73 Å². The number of halogens is 2. The summed E-state index contributed by atoms with van der Waals surface area (Å²) in [5.74, 6) is -0.240. The van der Waals surface area contributed by atoms with Crippen LogP contribution in [0.5, 0.6) is 0 Å². The zero-order chi connectivity index (χ0) is 13.1. The number of hydrogen-bond donors (Lipinski definition) is 1. The van der Waals surface area contributed by atoms with Crippen molar-refractivity contribution in [1.82, 2.24) is 0 Å². The Morgan fingerprint density at radius 1 is 1.17 bits per heavy atom. The van der Waals surface area contributed by atoms with E-state index < -0.39 is 0 Å². The van der Waals surface area contributed by atoms with Crippen LogP contribution in [0.2, 0.25) is 0 Å². The molecule has 2 rings (SSSR count). The monoisotopic (exact) mass is 307 g/mol. The number of hydrogen-bond acceptors (Lipinski definition) is 1. The maximum atomic E-state index is 13.3. The van der Waals surface area contributed by atoms with Crippen molar-refractivity contribution in [3.63, 3.8) is 0 Å². The SMILES string of the molecule is Cc1ccc(C(N)Cc2cc(F)cc(Br)c2)cc1. The van der Waals surface area contributed by atoms with Crippen LogP contribution in [0.25, 0.3) is 0 Å². The fraction of sp³-hybridized carbons (Fsp3) is 0.200. The highest BCUT2D eigenvalue weighted by Gasteiger charge is 2.08. The second kappa shape index (κ2) is 5.63. The first-order valence-electron chi connectivity index (χ1n) is 5.82. The highest BCUT2D eigenvalue weighted by molar-refractivity contribution is 9.10. The van der Waals surface area contributed by atoms with Gasteiger partial charge in [0.05, 0.1) is 0 Å². The average molecular weight is 308 g/mol. The van der Waals surface area contributed by atoms with Crippen molar-refractivity contribution in [2.24, 2.45) is 5.73 Å². The maximum absolute atomic E-state index is 13.3. The lowest BCUT2D eigenvalue weighted by molar-refractivity contribution is 0.621. The quantitative estimate of drug-likeness (QED) is 0.906. The summed E-state index contributed by atoms with van der Waals surface area (Å²) in [6, 6.07) is 12.9. The molecule has 2 aromatic rings. The summed E-state index contributed by atoms with van der Waals surface area (Å²) in [7, 11) is 0. The molecule has 0 fully saturated rings. The summed E-state index contributed by atoms with van der Waals surface area (Å²) in [6.07, 6.45) is 0.624. The fourth-order valence-electron chi connectivity index (χ4n) is 1.91. The Balaban J connectivity index is 2.15. The Bertz CT molecular complexity index is 516. The second-order valence-corrected chi connectivity index (χ2v) is 5.41. The smallest absolute Gasteiger partial charge is 0.124 e. The summed E-state index contributed by atoms with van der Waals surface area (Å²) in [5, 5.41) is 0. The third-order valence-electron chi connectivity index (χ3n) is 2.88. The van der Waals surface area contributed by atoms with Gasteiger partial charge in [-0.25, -0.2) is 4.39 Å². The number of nitrogens with two attached hydrogens (primary N) is 1. The Morgan fingerprint density at radius 2 is 1.83 bits per heavy atom. The average Bonchev–Trinajstić information content (AvgIpc) is 2.28. The number of aryl methyl sites for hydroxylation is 1. The number of benzene rings is 2. The van der Waals surface area contributed by atoms with E-state index in [0.29, 0.717) is 6.42 Å². The maximum Gasteiger partial charge on any atom is 0.124 e. The first-order chi connectivity index (χ1) is 8.54. The van der Waals surface area contributed by atoms with Gasteiger partial charge in [-0.05, 0) is 42.7 Å². The largest absolute Gasteiger partial charge is 0.324 e. The molecule has 3 heteroatoms.